The third kappa shape index (κ3) is 5.20. The molecule has 2 N–H and O–H groups in total. The Morgan fingerprint density at radius 2 is 1.65 bits per heavy atom. The van der Waals surface area contributed by atoms with Crippen LogP contribution in [0.2, 0.25) is 5.02 Å². The van der Waals surface area contributed by atoms with Gasteiger partial charge in [0.15, 0.2) is 5.78 Å². The van der Waals surface area contributed by atoms with Crippen LogP contribution in [0, 0.1) is 11.3 Å². The second-order valence-corrected chi connectivity index (χ2v) is 11.1. The van der Waals surface area contributed by atoms with Gasteiger partial charge in [-0.05, 0) is 85.5 Å². The first-order valence-corrected chi connectivity index (χ1v) is 13.7. The summed E-state index contributed by atoms with van der Waals surface area (Å²) in [6, 6.07) is 18.7. The van der Waals surface area contributed by atoms with Gasteiger partial charge in [0.05, 0.1) is 5.71 Å². The molecule has 5 rings (SSSR count). The Bertz CT molecular complexity index is 1610. The summed E-state index contributed by atoms with van der Waals surface area (Å²) in [5, 5.41) is 10.8. The van der Waals surface area contributed by atoms with Crippen molar-refractivity contribution in [2.24, 2.45) is 5.92 Å². The molecule has 3 aromatic carbocycles. The Labute approximate surface area is 225 Å². The number of aromatic nitrogens is 1. The number of hydrogen-bond acceptors (Lipinski definition) is 4. The molecule has 4 nitrogen and oxygen atoms in total. The number of aromatic amines is 1. The minimum absolute atomic E-state index is 0.0535. The summed E-state index contributed by atoms with van der Waals surface area (Å²) in [6.07, 6.45) is 5.38. The van der Waals surface area contributed by atoms with Crippen molar-refractivity contribution in [2.45, 2.75) is 31.6 Å². The fourth-order valence-corrected chi connectivity index (χ4v) is 5.87. The number of carbonyl (C=O) groups is 2. The molecule has 1 heterocycles. The van der Waals surface area contributed by atoms with Crippen LogP contribution in [0.1, 0.15) is 47.4 Å². The van der Waals surface area contributed by atoms with E-state index < -0.39 is 0 Å². The Hall–Kier alpha value is -3.41. The number of ketones is 2. The van der Waals surface area contributed by atoms with Crippen molar-refractivity contribution >= 4 is 62.4 Å². The fourth-order valence-electron chi connectivity index (χ4n) is 4.87. The molecule has 0 fully saturated rings. The quantitative estimate of drug-likeness (QED) is 0.137. The highest BCUT2D eigenvalue weighted by atomic mass is 35.5. The molecule has 0 aliphatic heterocycles. The van der Waals surface area contributed by atoms with Crippen molar-refractivity contribution < 1.29 is 9.59 Å². The maximum atomic E-state index is 13.4. The Morgan fingerprint density at radius 1 is 1.00 bits per heavy atom. The van der Waals surface area contributed by atoms with Crippen molar-refractivity contribution in [1.82, 2.24) is 4.98 Å². The number of nitrogens with one attached hydrogen (secondary N) is 2. The summed E-state index contributed by atoms with van der Waals surface area (Å²) < 4.78 is 0. The molecule has 186 valence electrons. The summed E-state index contributed by atoms with van der Waals surface area (Å²) in [4.78, 5) is 30.9. The summed E-state index contributed by atoms with van der Waals surface area (Å²) in [6.45, 7) is 4.08. The highest BCUT2D eigenvalue weighted by Gasteiger charge is 2.23. The molecule has 1 aromatic heterocycles. The van der Waals surface area contributed by atoms with Crippen LogP contribution in [-0.4, -0.2) is 28.0 Å². The first-order chi connectivity index (χ1) is 17.8. The Balaban J connectivity index is 1.38. The van der Waals surface area contributed by atoms with Crippen LogP contribution >= 0.6 is 23.4 Å². The molecule has 0 spiro atoms. The molecule has 0 saturated heterocycles. The molecule has 0 bridgehead atoms. The van der Waals surface area contributed by atoms with Crippen molar-refractivity contribution in [3.63, 3.8) is 0 Å². The zero-order chi connectivity index (χ0) is 26.1. The standard InChI is InChI=1S/C31H27ClN2O2S/c1-18-4-3-5-19(2)29(18)31(36)21-7-13-28-25(17-21)24-16-20(6-12-27(24)34-28)30(35)26(33)14-15-37-23-10-8-22(32)9-11-23/h3-4,6-13,16-17,19,33-34H,5,14-15H2,1-2H3. The van der Waals surface area contributed by atoms with E-state index in [9.17, 15) is 9.59 Å². The molecular weight excluding hydrogens is 500 g/mol. The van der Waals surface area contributed by atoms with Gasteiger partial charge in [-0.3, -0.25) is 9.59 Å². The van der Waals surface area contributed by atoms with E-state index in [-0.39, 0.29) is 23.2 Å². The normalized spacial score (nSPS) is 15.5. The summed E-state index contributed by atoms with van der Waals surface area (Å²) in [5.41, 5.74) is 4.90. The van der Waals surface area contributed by atoms with Crippen LogP contribution in [0.15, 0.2) is 88.9 Å². The molecule has 1 unspecified atom stereocenters. The molecule has 1 atom stereocenters. The summed E-state index contributed by atoms with van der Waals surface area (Å²) in [7, 11) is 0. The lowest BCUT2D eigenvalue weighted by atomic mass is 9.84. The number of benzene rings is 3. The van der Waals surface area contributed by atoms with Crippen LogP contribution in [0.4, 0.5) is 0 Å². The van der Waals surface area contributed by atoms with Crippen molar-refractivity contribution in [3.05, 3.63) is 100 Å². The van der Waals surface area contributed by atoms with Gasteiger partial charge in [0.2, 0.25) is 5.78 Å². The minimum atomic E-state index is -0.274. The second-order valence-electron chi connectivity index (χ2n) is 9.47. The van der Waals surface area contributed by atoms with Gasteiger partial charge < -0.3 is 10.4 Å². The molecule has 1 aliphatic carbocycles. The highest BCUT2D eigenvalue weighted by molar-refractivity contribution is 7.99. The monoisotopic (exact) mass is 526 g/mol. The number of hydrogen-bond donors (Lipinski definition) is 2. The van der Waals surface area contributed by atoms with Crippen LogP contribution in [0.25, 0.3) is 21.8 Å². The predicted octanol–water partition coefficient (Wildman–Crippen LogP) is 8.45. The number of carbonyl (C=O) groups excluding carboxylic acids is 2. The van der Waals surface area contributed by atoms with E-state index >= 15 is 0 Å². The highest BCUT2D eigenvalue weighted by Crippen LogP contribution is 2.32. The molecular formula is C31H27ClN2O2S. The number of rotatable bonds is 8. The fraction of sp³-hybridized carbons (Fsp3) is 0.194. The van der Waals surface area contributed by atoms with E-state index in [4.69, 9.17) is 17.0 Å². The van der Waals surface area contributed by atoms with E-state index in [0.29, 0.717) is 28.3 Å². The molecule has 0 saturated carbocycles. The van der Waals surface area contributed by atoms with Gasteiger partial charge in [0, 0.05) is 60.6 Å². The van der Waals surface area contributed by atoms with Gasteiger partial charge in [0.25, 0.3) is 0 Å². The SMILES string of the molecule is CC1=C(C(=O)c2ccc3[nH]c4ccc(C(=O)C(=N)CCSc5ccc(Cl)cc5)cc4c3c2)C(C)CC=C1. The van der Waals surface area contributed by atoms with Gasteiger partial charge >= 0.3 is 0 Å². The number of H-pyrrole nitrogens is 1. The Morgan fingerprint density at radius 3 is 2.32 bits per heavy atom. The number of thioether (sulfide) groups is 1. The lowest BCUT2D eigenvalue weighted by Crippen LogP contribution is -2.14. The topological polar surface area (TPSA) is 73.8 Å². The summed E-state index contributed by atoms with van der Waals surface area (Å²) in [5.74, 6) is 0.599. The maximum absolute atomic E-state index is 13.4. The first kappa shape index (κ1) is 25.2. The lowest BCUT2D eigenvalue weighted by Gasteiger charge is -2.19. The zero-order valence-corrected chi connectivity index (χ0v) is 22.3. The second kappa shape index (κ2) is 10.5. The van der Waals surface area contributed by atoms with Crippen molar-refractivity contribution in [1.29, 1.82) is 5.41 Å². The van der Waals surface area contributed by atoms with Gasteiger partial charge in [-0.15, -0.1) is 11.8 Å². The first-order valence-electron chi connectivity index (χ1n) is 12.3. The number of allylic oxidation sites excluding steroid dienone is 4. The maximum Gasteiger partial charge on any atom is 0.206 e. The van der Waals surface area contributed by atoms with Crippen LogP contribution < -0.4 is 0 Å². The minimum Gasteiger partial charge on any atom is -0.355 e. The Kier molecular flexibility index (Phi) is 7.18. The van der Waals surface area contributed by atoms with E-state index in [0.717, 1.165) is 44.3 Å². The van der Waals surface area contributed by atoms with Crippen LogP contribution in [0.5, 0.6) is 0 Å². The van der Waals surface area contributed by atoms with E-state index in [1.165, 1.54) is 0 Å². The van der Waals surface area contributed by atoms with Crippen LogP contribution in [0.3, 0.4) is 0 Å². The average Bonchev–Trinajstić information content (AvgIpc) is 3.26. The van der Waals surface area contributed by atoms with Crippen LogP contribution in [-0.2, 0) is 0 Å². The average molecular weight is 527 g/mol. The van der Waals surface area contributed by atoms with Gasteiger partial charge in [-0.2, -0.15) is 0 Å². The van der Waals surface area contributed by atoms with E-state index in [1.54, 1.807) is 17.8 Å². The van der Waals surface area contributed by atoms with E-state index in [2.05, 4.69) is 18.0 Å². The largest absolute Gasteiger partial charge is 0.355 e. The molecule has 37 heavy (non-hydrogen) atoms. The lowest BCUT2D eigenvalue weighted by molar-refractivity contribution is 0.102. The summed E-state index contributed by atoms with van der Waals surface area (Å²) >= 11 is 7.53. The molecule has 0 amide bonds. The van der Waals surface area contributed by atoms with Crippen molar-refractivity contribution in [3.8, 4) is 0 Å². The van der Waals surface area contributed by atoms with Gasteiger partial charge in [-0.1, -0.05) is 30.7 Å². The van der Waals surface area contributed by atoms with E-state index in [1.807, 2.05) is 67.6 Å². The zero-order valence-electron chi connectivity index (χ0n) is 20.7. The van der Waals surface area contributed by atoms with Gasteiger partial charge in [0.1, 0.15) is 0 Å². The number of fused-ring (bicyclic) bond motifs is 3. The third-order valence-corrected chi connectivity index (χ3v) is 8.12. The number of Topliss-reactive ketones (excluding diaryl/α,β-unsaturated/α-hetero) is 2. The van der Waals surface area contributed by atoms with Crippen molar-refractivity contribution in [2.75, 3.05) is 5.75 Å². The molecule has 6 heteroatoms. The van der Waals surface area contributed by atoms with Gasteiger partial charge in [-0.25, -0.2) is 0 Å². The number of halogens is 1. The molecule has 4 aromatic rings. The predicted molar refractivity (Wildman–Crippen MR) is 155 cm³/mol. The smallest absolute Gasteiger partial charge is 0.206 e. The third-order valence-electron chi connectivity index (χ3n) is 6.85. The molecule has 0 radical (unpaired) electrons. The molecule has 1 aliphatic rings.